The average Bonchev–Trinajstić information content (AvgIpc) is 2.33. The Morgan fingerprint density at radius 2 is 1.21 bits per heavy atom. The summed E-state index contributed by atoms with van der Waals surface area (Å²) < 4.78 is 10.7. The fourth-order valence-corrected chi connectivity index (χ4v) is 1.40. The summed E-state index contributed by atoms with van der Waals surface area (Å²) in [5.41, 5.74) is 0.329. The highest BCUT2D eigenvalue weighted by Gasteiger charge is 2.08. The molecule has 0 aromatic carbocycles. The second-order valence-corrected chi connectivity index (χ2v) is 6.29. The molecule has 0 aliphatic heterocycles. The highest BCUT2D eigenvalue weighted by Crippen LogP contribution is 2.12. The van der Waals surface area contributed by atoms with Crippen molar-refractivity contribution >= 4 is 0 Å². The molecule has 0 unspecified atom stereocenters. The van der Waals surface area contributed by atoms with Crippen LogP contribution in [-0.4, -0.2) is 26.4 Å². The lowest BCUT2D eigenvalue weighted by atomic mass is 9.99. The molecule has 0 aromatic rings. The van der Waals surface area contributed by atoms with Gasteiger partial charge in [-0.05, 0) is 24.7 Å². The van der Waals surface area contributed by atoms with Crippen LogP contribution in [0.4, 0.5) is 0 Å². The van der Waals surface area contributed by atoms with Crippen molar-refractivity contribution < 1.29 is 9.47 Å². The third-order valence-electron chi connectivity index (χ3n) is 2.37. The summed E-state index contributed by atoms with van der Waals surface area (Å²) in [6.45, 7) is 16.7. The zero-order chi connectivity index (χ0) is 15.0. The van der Waals surface area contributed by atoms with Crippen LogP contribution in [0, 0.1) is 5.41 Å². The van der Waals surface area contributed by atoms with E-state index in [-0.39, 0.29) is 0 Å². The molecule has 0 spiro atoms. The maximum atomic E-state index is 5.35. The van der Waals surface area contributed by atoms with Gasteiger partial charge in [0.05, 0.1) is 6.61 Å². The zero-order valence-electron chi connectivity index (χ0n) is 14.4. The van der Waals surface area contributed by atoms with Gasteiger partial charge < -0.3 is 9.47 Å². The van der Waals surface area contributed by atoms with Crippen LogP contribution in [-0.2, 0) is 9.47 Å². The lowest BCUT2D eigenvalue weighted by Crippen LogP contribution is -2.14. The van der Waals surface area contributed by atoms with Gasteiger partial charge in [-0.25, -0.2) is 0 Å². The Morgan fingerprint density at radius 1 is 0.632 bits per heavy atom. The molecular formula is C17H38O2. The highest BCUT2D eigenvalue weighted by atomic mass is 16.5. The summed E-state index contributed by atoms with van der Waals surface area (Å²) in [6, 6.07) is 0. The first-order valence-electron chi connectivity index (χ1n) is 8.13. The molecule has 0 saturated carbocycles. The van der Waals surface area contributed by atoms with Crippen molar-refractivity contribution in [3.63, 3.8) is 0 Å². The minimum absolute atomic E-state index is 0.329. The van der Waals surface area contributed by atoms with Gasteiger partial charge in [0.15, 0.2) is 0 Å². The Bertz CT molecular complexity index is 142. The molecule has 0 aromatic heterocycles. The van der Waals surface area contributed by atoms with Gasteiger partial charge in [0.2, 0.25) is 0 Å². The maximum absolute atomic E-state index is 5.35. The third kappa shape index (κ3) is 27.2. The molecule has 0 aliphatic carbocycles. The van der Waals surface area contributed by atoms with Gasteiger partial charge in [-0.1, -0.05) is 60.8 Å². The number of unbranched alkanes of at least 4 members (excludes halogenated alkanes) is 3. The van der Waals surface area contributed by atoms with E-state index in [1.807, 2.05) is 0 Å². The normalized spacial score (nSPS) is 11.1. The van der Waals surface area contributed by atoms with E-state index in [4.69, 9.17) is 9.47 Å². The molecule has 0 saturated heterocycles. The fraction of sp³-hybridized carbons (Fsp3) is 1.00. The third-order valence-corrected chi connectivity index (χ3v) is 2.37. The summed E-state index contributed by atoms with van der Waals surface area (Å²) in [5, 5.41) is 0. The van der Waals surface area contributed by atoms with Crippen LogP contribution in [0.25, 0.3) is 0 Å². The summed E-state index contributed by atoms with van der Waals surface area (Å²) in [5.74, 6) is 0. The molecule has 0 aliphatic rings. The molecule has 0 rings (SSSR count). The van der Waals surface area contributed by atoms with Crippen molar-refractivity contribution in [2.24, 2.45) is 5.41 Å². The SMILES string of the molecule is CCCCCCOCCC.CCCOCC(C)(C)C. The summed E-state index contributed by atoms with van der Waals surface area (Å²) in [4.78, 5) is 0. The van der Waals surface area contributed by atoms with Gasteiger partial charge in [0.25, 0.3) is 0 Å². The first kappa shape index (κ1) is 21.2. The Morgan fingerprint density at radius 3 is 1.68 bits per heavy atom. The monoisotopic (exact) mass is 274 g/mol. The first-order valence-corrected chi connectivity index (χ1v) is 8.13. The molecular weight excluding hydrogens is 236 g/mol. The van der Waals surface area contributed by atoms with Crippen LogP contribution in [0.2, 0.25) is 0 Å². The van der Waals surface area contributed by atoms with Gasteiger partial charge in [-0.3, -0.25) is 0 Å². The number of hydrogen-bond acceptors (Lipinski definition) is 2. The largest absolute Gasteiger partial charge is 0.381 e. The predicted molar refractivity (Wildman–Crippen MR) is 85.8 cm³/mol. The molecule has 2 heteroatoms. The second kappa shape index (κ2) is 16.0. The molecule has 0 bridgehead atoms. The lowest BCUT2D eigenvalue weighted by molar-refractivity contribution is 0.0717. The van der Waals surface area contributed by atoms with Crippen LogP contribution in [0.15, 0.2) is 0 Å². The van der Waals surface area contributed by atoms with Gasteiger partial charge in [-0.2, -0.15) is 0 Å². The van der Waals surface area contributed by atoms with E-state index < -0.39 is 0 Å². The van der Waals surface area contributed by atoms with Gasteiger partial charge in [0.1, 0.15) is 0 Å². The fourth-order valence-electron chi connectivity index (χ4n) is 1.40. The van der Waals surface area contributed by atoms with E-state index in [0.717, 1.165) is 39.3 Å². The standard InChI is InChI=1S/C9H20O.C8H18O/c1-3-5-6-7-9-10-8-4-2;1-5-6-9-7-8(2,3)4/h3-9H2,1-2H3;5-7H2,1-4H3. The van der Waals surface area contributed by atoms with E-state index in [1.54, 1.807) is 0 Å². The average molecular weight is 274 g/mol. The number of rotatable bonds is 10. The van der Waals surface area contributed by atoms with E-state index in [0.29, 0.717) is 5.41 Å². The molecule has 0 fully saturated rings. The van der Waals surface area contributed by atoms with E-state index >= 15 is 0 Å². The Labute approximate surface area is 122 Å². The quantitative estimate of drug-likeness (QED) is 0.493. The van der Waals surface area contributed by atoms with Crippen molar-refractivity contribution in [3.05, 3.63) is 0 Å². The van der Waals surface area contributed by atoms with Gasteiger partial charge in [-0.15, -0.1) is 0 Å². The molecule has 118 valence electrons. The summed E-state index contributed by atoms with van der Waals surface area (Å²) >= 11 is 0. The van der Waals surface area contributed by atoms with Crippen molar-refractivity contribution in [2.75, 3.05) is 26.4 Å². The Balaban J connectivity index is 0. The molecule has 0 amide bonds. The van der Waals surface area contributed by atoms with Crippen molar-refractivity contribution in [2.45, 2.75) is 80.1 Å². The number of ether oxygens (including phenoxy) is 2. The smallest absolute Gasteiger partial charge is 0.0514 e. The highest BCUT2D eigenvalue weighted by molar-refractivity contribution is 4.58. The minimum atomic E-state index is 0.329. The van der Waals surface area contributed by atoms with Crippen molar-refractivity contribution in [1.82, 2.24) is 0 Å². The molecule has 0 atom stereocenters. The Hall–Kier alpha value is -0.0800. The van der Waals surface area contributed by atoms with E-state index in [9.17, 15) is 0 Å². The maximum Gasteiger partial charge on any atom is 0.0514 e. The summed E-state index contributed by atoms with van der Waals surface area (Å²) in [7, 11) is 0. The second-order valence-electron chi connectivity index (χ2n) is 6.29. The molecule has 0 heterocycles. The van der Waals surface area contributed by atoms with Crippen LogP contribution >= 0.6 is 0 Å². The van der Waals surface area contributed by atoms with Crippen LogP contribution in [0.1, 0.15) is 80.1 Å². The number of hydrogen-bond donors (Lipinski definition) is 0. The van der Waals surface area contributed by atoms with Crippen molar-refractivity contribution in [1.29, 1.82) is 0 Å². The van der Waals surface area contributed by atoms with Crippen LogP contribution in [0.3, 0.4) is 0 Å². The first-order chi connectivity index (χ1) is 8.97. The van der Waals surface area contributed by atoms with Crippen LogP contribution in [0.5, 0.6) is 0 Å². The molecule has 0 radical (unpaired) electrons. The topological polar surface area (TPSA) is 18.5 Å². The van der Waals surface area contributed by atoms with E-state index in [1.165, 1.54) is 25.7 Å². The molecule has 0 N–H and O–H groups in total. The Kier molecular flexibility index (Phi) is 17.8. The molecule has 2 nitrogen and oxygen atoms in total. The predicted octanol–water partition coefficient (Wildman–Crippen LogP) is 5.45. The van der Waals surface area contributed by atoms with Gasteiger partial charge >= 0.3 is 0 Å². The lowest BCUT2D eigenvalue weighted by Gasteiger charge is -2.17. The zero-order valence-corrected chi connectivity index (χ0v) is 14.4. The van der Waals surface area contributed by atoms with Crippen LogP contribution < -0.4 is 0 Å². The minimum Gasteiger partial charge on any atom is -0.381 e. The van der Waals surface area contributed by atoms with E-state index in [2.05, 4.69) is 41.5 Å². The molecule has 19 heavy (non-hydrogen) atoms. The van der Waals surface area contributed by atoms with Crippen molar-refractivity contribution in [3.8, 4) is 0 Å². The summed E-state index contributed by atoms with van der Waals surface area (Å²) in [6.07, 6.45) is 7.52. The van der Waals surface area contributed by atoms with Gasteiger partial charge in [0, 0.05) is 19.8 Å².